The van der Waals surface area contributed by atoms with E-state index in [0.29, 0.717) is 0 Å². The molecule has 0 aromatic heterocycles. The van der Waals surface area contributed by atoms with Crippen molar-refractivity contribution in [3.05, 3.63) is 26.6 Å². The number of hydrogen-bond donors (Lipinski definition) is 0. The summed E-state index contributed by atoms with van der Waals surface area (Å²) < 4.78 is 13.3. The number of halogens is 1. The SMILES string of the molecule is COC(C1CCCC[N-]1)(C1CCCC[N-]1)C1CCCC(C(OC)(C2CCCC[N-]2)C2CCCC[N-]2)[N-]1.[Cl][Mn+]. The third-order valence-corrected chi connectivity index (χ3v) is 10.1. The van der Waals surface area contributed by atoms with Crippen molar-refractivity contribution in [2.75, 3.05) is 40.4 Å². The van der Waals surface area contributed by atoms with Gasteiger partial charge in [0, 0.05) is 25.4 Å². The van der Waals surface area contributed by atoms with Crippen LogP contribution >= 0.6 is 10.1 Å². The van der Waals surface area contributed by atoms with Gasteiger partial charge < -0.3 is 36.1 Å². The minimum atomic E-state index is -0.424. The van der Waals surface area contributed by atoms with Gasteiger partial charge in [-0.05, 0) is 0 Å². The Hall–Kier alpha value is 0.529. The third kappa shape index (κ3) is 6.45. The average Bonchev–Trinajstić information content (AvgIpc) is 3.02. The van der Waals surface area contributed by atoms with Crippen LogP contribution in [0.2, 0.25) is 0 Å². The van der Waals surface area contributed by atoms with E-state index in [9.17, 15) is 0 Å². The van der Waals surface area contributed by atoms with Crippen molar-refractivity contribution in [1.29, 1.82) is 0 Å². The third-order valence-electron chi connectivity index (χ3n) is 10.1. The zero-order valence-corrected chi connectivity index (χ0v) is 25.6. The number of ether oxygens (including phenoxy) is 2. The molecule has 0 saturated carbocycles. The molecule has 6 atom stereocenters. The summed E-state index contributed by atoms with van der Waals surface area (Å²) in [5.41, 5.74) is -0.848. The van der Waals surface area contributed by atoms with Gasteiger partial charge in [-0.15, -0.1) is 62.4 Å². The summed E-state index contributed by atoms with van der Waals surface area (Å²) in [6.07, 6.45) is 17.4. The van der Waals surface area contributed by atoms with Crippen LogP contribution in [0.15, 0.2) is 0 Å². The first kappa shape index (κ1) is 31.5. The zero-order chi connectivity index (χ0) is 26.8. The van der Waals surface area contributed by atoms with Crippen molar-refractivity contribution < 1.29 is 24.6 Å². The monoisotopic (exact) mass is 590 g/mol. The summed E-state index contributed by atoms with van der Waals surface area (Å²) >= 11 is 2.41. The Kier molecular flexibility index (Phi) is 13.0. The molecule has 0 N–H and O–H groups in total. The normalized spacial score (nSPS) is 38.2. The van der Waals surface area contributed by atoms with E-state index in [1.807, 2.05) is 14.2 Å². The summed E-state index contributed by atoms with van der Waals surface area (Å²) in [5, 5.41) is 26.6. The van der Waals surface area contributed by atoms with E-state index in [-0.39, 0.29) is 36.3 Å². The van der Waals surface area contributed by atoms with E-state index in [0.717, 1.165) is 71.1 Å². The van der Waals surface area contributed by atoms with Gasteiger partial charge in [-0.1, -0.05) is 96.3 Å². The van der Waals surface area contributed by atoms with Crippen LogP contribution < -0.4 is 0 Å². The molecule has 5 heterocycles. The molecule has 5 aliphatic heterocycles. The molecule has 5 saturated heterocycles. The van der Waals surface area contributed by atoms with Crippen LogP contribution in [0.5, 0.6) is 0 Å². The van der Waals surface area contributed by atoms with E-state index in [1.165, 1.54) is 51.4 Å². The number of nitrogens with zero attached hydrogens (tertiary/aromatic N) is 5. The fraction of sp³-hybridized carbons (Fsp3) is 1.00. The second-order valence-electron chi connectivity index (χ2n) is 11.9. The Bertz CT molecular complexity index is 577. The van der Waals surface area contributed by atoms with Crippen molar-refractivity contribution in [3.63, 3.8) is 0 Å². The van der Waals surface area contributed by atoms with Gasteiger partial charge in [-0.3, -0.25) is 0 Å². The molecule has 6 unspecified atom stereocenters. The van der Waals surface area contributed by atoms with Crippen molar-refractivity contribution in [1.82, 2.24) is 0 Å². The molecule has 0 radical (unpaired) electrons. The number of piperidine rings is 5. The maximum absolute atomic E-state index is 6.67. The van der Waals surface area contributed by atoms with E-state index < -0.39 is 11.2 Å². The fourth-order valence-corrected chi connectivity index (χ4v) is 8.33. The van der Waals surface area contributed by atoms with Gasteiger partial charge in [0.25, 0.3) is 0 Å². The van der Waals surface area contributed by atoms with Crippen molar-refractivity contribution >= 4 is 10.1 Å². The Balaban J connectivity index is 0.00000164. The Morgan fingerprint density at radius 2 is 0.763 bits per heavy atom. The first-order valence-corrected chi connectivity index (χ1v) is 17.0. The van der Waals surface area contributed by atoms with Crippen LogP contribution in [-0.4, -0.2) is 87.9 Å². The molecule has 7 nitrogen and oxygen atoms in total. The predicted octanol–water partition coefficient (Wildman–Crippen LogP) is 7.44. The van der Waals surface area contributed by atoms with E-state index >= 15 is 0 Å². The van der Waals surface area contributed by atoms with Crippen LogP contribution in [0.3, 0.4) is 0 Å². The molecule has 0 aromatic rings. The topological polar surface area (TPSA) is 89.0 Å². The summed E-state index contributed by atoms with van der Waals surface area (Å²) in [4.78, 5) is 0. The van der Waals surface area contributed by atoms with Crippen LogP contribution in [0.1, 0.15) is 96.3 Å². The van der Waals surface area contributed by atoms with Gasteiger partial charge in [-0.2, -0.15) is 0 Å². The number of rotatable bonds is 8. The minimum absolute atomic E-state index is 0.0988. The second kappa shape index (κ2) is 15.7. The molecule has 0 amide bonds. The molecule has 9 heteroatoms. The fourth-order valence-electron chi connectivity index (χ4n) is 8.33. The Labute approximate surface area is 244 Å². The van der Waals surface area contributed by atoms with Gasteiger partial charge in [-0.25, -0.2) is 0 Å². The van der Waals surface area contributed by atoms with E-state index in [1.54, 1.807) is 0 Å². The van der Waals surface area contributed by atoms with Gasteiger partial charge in [0.05, 0.1) is 0 Å². The first-order valence-electron chi connectivity index (χ1n) is 15.4. The van der Waals surface area contributed by atoms with Crippen LogP contribution in [-0.2, 0) is 24.6 Å². The Morgan fingerprint density at radius 3 is 1.00 bits per heavy atom. The van der Waals surface area contributed by atoms with Crippen molar-refractivity contribution in [2.45, 2.75) is 144 Å². The van der Waals surface area contributed by atoms with Gasteiger partial charge in [0.1, 0.15) is 0 Å². The quantitative estimate of drug-likeness (QED) is 0.275. The molecule has 0 aliphatic carbocycles. The van der Waals surface area contributed by atoms with Crippen LogP contribution in [0, 0.1) is 0 Å². The van der Waals surface area contributed by atoms with Crippen LogP contribution in [0.25, 0.3) is 26.6 Å². The molecule has 0 bridgehead atoms. The summed E-state index contributed by atoms with van der Waals surface area (Å²) in [6, 6.07) is 0.943. The summed E-state index contributed by atoms with van der Waals surface area (Å²) in [6.45, 7) is 3.79. The summed E-state index contributed by atoms with van der Waals surface area (Å²) in [5.74, 6) is 0. The van der Waals surface area contributed by atoms with Crippen LogP contribution in [0.4, 0.5) is 0 Å². The van der Waals surface area contributed by atoms with E-state index in [2.05, 4.69) is 25.2 Å². The molecular weight excluding hydrogens is 541 g/mol. The molecule has 221 valence electrons. The number of methoxy groups -OCH3 is 2. The molecular formula is C29H50ClMnN5O2-4. The molecule has 0 spiro atoms. The standard InChI is InChI=1S/C29H50N5O2.ClH.Mn/c1-35-28(22-12-3-7-18-30-22,23-13-4-8-19-31-23)26-16-11-17-27(34-26)29(36-2,24-14-5-9-20-32-24)25-15-6-10-21-33-25;;/h22-27H,3-21H2,1-2H3;1H;/q-5;;+2/p-1. The molecule has 5 fully saturated rings. The molecule has 5 rings (SSSR count). The predicted molar refractivity (Wildman–Crippen MR) is 154 cm³/mol. The molecule has 0 aromatic carbocycles. The molecule has 38 heavy (non-hydrogen) atoms. The van der Waals surface area contributed by atoms with Gasteiger partial charge in [0.2, 0.25) is 0 Å². The second-order valence-corrected chi connectivity index (χ2v) is 11.9. The maximum atomic E-state index is 6.67. The first-order chi connectivity index (χ1) is 18.8. The van der Waals surface area contributed by atoms with Gasteiger partial charge >= 0.3 is 25.2 Å². The Morgan fingerprint density at radius 1 is 0.474 bits per heavy atom. The number of hydrogen-bond acceptors (Lipinski definition) is 2. The average molecular weight is 591 g/mol. The summed E-state index contributed by atoms with van der Waals surface area (Å²) in [7, 11) is 8.29. The van der Waals surface area contributed by atoms with Gasteiger partial charge in [0.15, 0.2) is 0 Å². The van der Waals surface area contributed by atoms with Crippen molar-refractivity contribution in [2.24, 2.45) is 0 Å². The molecule has 5 aliphatic rings. The van der Waals surface area contributed by atoms with E-state index in [4.69, 9.17) is 36.1 Å². The zero-order valence-electron chi connectivity index (χ0n) is 23.7. The van der Waals surface area contributed by atoms with Crippen molar-refractivity contribution in [3.8, 4) is 0 Å².